The summed E-state index contributed by atoms with van der Waals surface area (Å²) in [5.41, 5.74) is 8.16. The maximum atomic E-state index is 6.72. The third-order valence-electron chi connectivity index (χ3n) is 11.2. The Bertz CT molecular complexity index is 965. The van der Waals surface area contributed by atoms with Gasteiger partial charge in [-0.25, -0.2) is 0 Å². The van der Waals surface area contributed by atoms with Crippen LogP contribution in [0.25, 0.3) is 12.2 Å². The highest BCUT2D eigenvalue weighted by Gasteiger charge is 2.55. The normalized spacial score (nSPS) is 33.0. The second-order valence-electron chi connectivity index (χ2n) is 14.8. The zero-order chi connectivity index (χ0) is 27.2. The van der Waals surface area contributed by atoms with Crippen molar-refractivity contribution in [2.24, 2.45) is 46.3 Å². The second kappa shape index (κ2) is 11.0. The summed E-state index contributed by atoms with van der Waals surface area (Å²) in [7, 11) is -0.950. The predicted octanol–water partition coefficient (Wildman–Crippen LogP) is 9.20. The minimum Gasteiger partial charge on any atom is -0.493 e. The number of hydrogen-bond donors (Lipinski definition) is 0. The quantitative estimate of drug-likeness (QED) is 0.271. The highest BCUT2D eigenvalue weighted by Crippen LogP contribution is 2.62. The van der Waals surface area contributed by atoms with E-state index in [9.17, 15) is 0 Å². The van der Waals surface area contributed by atoms with Crippen LogP contribution < -0.4 is 9.47 Å². The molecule has 6 fully saturated rings. The summed E-state index contributed by atoms with van der Waals surface area (Å²) in [4.78, 5) is 0. The Morgan fingerprint density at radius 1 is 0.684 bits per heavy atom. The van der Waals surface area contributed by atoms with Crippen molar-refractivity contribution in [1.29, 1.82) is 0 Å². The molecule has 0 N–H and O–H groups in total. The first-order valence-corrected chi connectivity index (χ1v) is 20.5. The molecule has 208 valence electrons. The van der Waals surface area contributed by atoms with E-state index in [0.29, 0.717) is 22.7 Å². The monoisotopic (exact) mass is 548 g/mol. The summed E-state index contributed by atoms with van der Waals surface area (Å²) in [5.74, 6) is 6.95. The van der Waals surface area contributed by atoms with Gasteiger partial charge >= 0.3 is 0 Å². The summed E-state index contributed by atoms with van der Waals surface area (Å²) in [6, 6.07) is 4.57. The van der Waals surface area contributed by atoms with Crippen molar-refractivity contribution in [2.75, 3.05) is 13.2 Å². The molecule has 1 aromatic carbocycles. The van der Waals surface area contributed by atoms with E-state index in [0.717, 1.165) is 48.4 Å². The zero-order valence-electron chi connectivity index (χ0n) is 25.4. The molecule has 6 aliphatic rings. The highest BCUT2D eigenvalue weighted by molar-refractivity contribution is 6.62. The number of hydrogen-bond acceptors (Lipinski definition) is 2. The van der Waals surface area contributed by atoms with Gasteiger partial charge in [0.15, 0.2) is 0 Å². The van der Waals surface area contributed by atoms with Crippen LogP contribution in [0, 0.1) is 46.3 Å². The molecule has 6 aliphatic carbocycles. The third kappa shape index (κ3) is 5.51. The van der Waals surface area contributed by atoms with Gasteiger partial charge < -0.3 is 9.47 Å². The molecule has 0 aromatic heterocycles. The first kappa shape index (κ1) is 28.3. The van der Waals surface area contributed by atoms with Crippen LogP contribution in [0.15, 0.2) is 23.5 Å². The third-order valence-corrected chi connectivity index (χ3v) is 12.9. The fraction of sp³-hybridized carbons (Fsp3) is 0.706. The number of benzene rings is 1. The van der Waals surface area contributed by atoms with Gasteiger partial charge in [0.05, 0.1) is 30.8 Å². The van der Waals surface area contributed by atoms with Gasteiger partial charge in [-0.05, 0) is 97.0 Å². The summed E-state index contributed by atoms with van der Waals surface area (Å²) < 4.78 is 13.4. The molecule has 0 aliphatic heterocycles. The van der Waals surface area contributed by atoms with Crippen LogP contribution in [0.1, 0.15) is 77.3 Å². The van der Waals surface area contributed by atoms with Crippen LogP contribution in [0.5, 0.6) is 11.5 Å². The summed E-state index contributed by atoms with van der Waals surface area (Å²) in [6.45, 7) is 21.0. The van der Waals surface area contributed by atoms with E-state index in [-0.39, 0.29) is 0 Å². The number of rotatable bonds is 10. The van der Waals surface area contributed by atoms with Gasteiger partial charge in [-0.1, -0.05) is 77.4 Å². The van der Waals surface area contributed by atoms with Crippen molar-refractivity contribution >= 4 is 29.7 Å². The second-order valence-corrected chi connectivity index (χ2v) is 19.7. The van der Waals surface area contributed by atoms with Gasteiger partial charge in [0.25, 0.3) is 0 Å². The Hall–Kier alpha value is -1.27. The van der Waals surface area contributed by atoms with Gasteiger partial charge in [-0.15, -0.1) is 0 Å². The predicted molar refractivity (Wildman–Crippen MR) is 167 cm³/mol. The largest absolute Gasteiger partial charge is 0.493 e. The van der Waals surface area contributed by atoms with E-state index >= 15 is 0 Å². The molecular formula is C34H52O2Si2. The van der Waals surface area contributed by atoms with E-state index in [1.807, 2.05) is 0 Å². The van der Waals surface area contributed by atoms with Crippen LogP contribution in [-0.4, -0.2) is 30.8 Å². The molecule has 2 nitrogen and oxygen atoms in total. The fourth-order valence-electron chi connectivity index (χ4n) is 8.33. The fourth-order valence-corrected chi connectivity index (χ4v) is 9.36. The Balaban J connectivity index is 1.38. The molecule has 0 saturated heterocycles. The molecule has 0 heterocycles. The zero-order valence-corrected chi connectivity index (χ0v) is 27.4. The lowest BCUT2D eigenvalue weighted by Crippen LogP contribution is -2.53. The molecule has 0 unspecified atom stereocenters. The summed E-state index contributed by atoms with van der Waals surface area (Å²) >= 11 is 0. The molecule has 4 bridgehead atoms. The van der Waals surface area contributed by atoms with Gasteiger partial charge in [-0.3, -0.25) is 0 Å². The molecule has 6 atom stereocenters. The lowest BCUT2D eigenvalue weighted by molar-refractivity contribution is -0.114. The first-order valence-electron chi connectivity index (χ1n) is 15.4. The lowest BCUT2D eigenvalue weighted by atomic mass is 9.46. The van der Waals surface area contributed by atoms with E-state index in [4.69, 9.17) is 9.47 Å². The van der Waals surface area contributed by atoms with E-state index < -0.39 is 17.6 Å². The average molecular weight is 549 g/mol. The smallest absolute Gasteiger partial charge is 0.127 e. The summed E-state index contributed by atoms with van der Waals surface area (Å²) in [6.07, 6.45) is 12.8. The van der Waals surface area contributed by atoms with Crippen LogP contribution in [0.3, 0.4) is 0 Å². The Morgan fingerprint density at radius 3 is 1.39 bits per heavy atom. The van der Waals surface area contributed by atoms with Crippen molar-refractivity contribution in [2.45, 2.75) is 92.4 Å². The molecule has 0 amide bonds. The molecule has 7 rings (SSSR count). The molecule has 38 heavy (non-hydrogen) atoms. The minimum absolute atomic E-state index is 0.475. The van der Waals surface area contributed by atoms with E-state index in [1.165, 1.54) is 49.7 Å². The van der Waals surface area contributed by atoms with Gasteiger partial charge in [-0.2, -0.15) is 0 Å². The molecule has 1 aromatic rings. The molecule has 6 saturated carbocycles. The van der Waals surface area contributed by atoms with Crippen LogP contribution in [-0.2, 0) is 0 Å². The Morgan fingerprint density at radius 2 is 1.08 bits per heavy atom. The Kier molecular flexibility index (Phi) is 8.15. The van der Waals surface area contributed by atoms with Gasteiger partial charge in [0.1, 0.15) is 11.5 Å². The highest BCUT2D eigenvalue weighted by atomic mass is 28.3. The molecule has 4 heteroatoms. The molecular weight excluding hydrogens is 497 g/mol. The number of ether oxygens (including phenoxy) is 2. The Labute approximate surface area is 236 Å². The van der Waals surface area contributed by atoms with Crippen molar-refractivity contribution in [1.82, 2.24) is 0 Å². The standard InChI is InChI=1S/C34H52O2Si2/c1-33(2)27-11-9-25(29(33)19-27)21-35-31-17-24(14-16-38(7)8)32(18-23(31)13-15-37(5)6)36-22-26-10-12-28-20-30(26)34(28,3)4/h13-18,25-30H,9-12,19-22H2,1-8H3/b15-13+,16-14+/t25-,26-,27+,28+,29+,30+/m0/s1. The SMILES string of the molecule is C[Si](C)/C=C/c1cc(OC[C@@H]2CC[C@@H]3C[C@H]2C3(C)C)c(/C=C/[Si](C)C)cc1OC[C@@H]1CC[C@@H]2C[C@H]1C2(C)C. The van der Waals surface area contributed by atoms with Crippen LogP contribution in [0.4, 0.5) is 0 Å². The summed E-state index contributed by atoms with van der Waals surface area (Å²) in [5, 5.41) is 0. The van der Waals surface area contributed by atoms with Crippen LogP contribution >= 0.6 is 0 Å². The van der Waals surface area contributed by atoms with E-state index in [1.54, 1.807) is 0 Å². The maximum Gasteiger partial charge on any atom is 0.127 e. The topological polar surface area (TPSA) is 18.5 Å². The van der Waals surface area contributed by atoms with Crippen molar-refractivity contribution in [3.05, 3.63) is 34.7 Å². The molecule has 2 radical (unpaired) electrons. The van der Waals surface area contributed by atoms with Crippen molar-refractivity contribution < 1.29 is 9.47 Å². The van der Waals surface area contributed by atoms with Gasteiger partial charge in [0, 0.05) is 11.1 Å². The van der Waals surface area contributed by atoms with Crippen LogP contribution in [0.2, 0.25) is 26.2 Å². The van der Waals surface area contributed by atoms with Gasteiger partial charge in [0.2, 0.25) is 0 Å². The minimum atomic E-state index is -0.475. The average Bonchev–Trinajstić information content (AvgIpc) is 2.88. The molecule has 0 spiro atoms. The van der Waals surface area contributed by atoms with Crippen molar-refractivity contribution in [3.8, 4) is 11.5 Å². The van der Waals surface area contributed by atoms with E-state index in [2.05, 4.69) is 89.6 Å². The number of fused-ring (bicyclic) bond motifs is 4. The van der Waals surface area contributed by atoms with Crippen molar-refractivity contribution in [3.63, 3.8) is 0 Å². The lowest BCUT2D eigenvalue weighted by Gasteiger charge is -2.60. The first-order chi connectivity index (χ1) is 18.0. The maximum absolute atomic E-state index is 6.72.